The fraction of sp³-hybridized carbons (Fsp3) is 0.533. The number of fused-ring (bicyclic) bond motifs is 1. The van der Waals surface area contributed by atoms with Crippen molar-refractivity contribution in [3.8, 4) is 0 Å². The number of hydrogen-bond donors (Lipinski definition) is 1. The Kier molecular flexibility index (Phi) is 3.08. The fourth-order valence-corrected chi connectivity index (χ4v) is 3.11. The molecule has 2 unspecified atom stereocenters. The summed E-state index contributed by atoms with van der Waals surface area (Å²) in [6.45, 7) is 4.97. The van der Waals surface area contributed by atoms with E-state index in [1.165, 1.54) is 12.0 Å². The first-order valence-corrected chi connectivity index (χ1v) is 6.83. The van der Waals surface area contributed by atoms with Crippen LogP contribution in [0, 0.1) is 12.8 Å². The molecule has 1 aromatic rings. The van der Waals surface area contributed by atoms with E-state index in [4.69, 9.17) is 0 Å². The molecule has 2 fully saturated rings. The molecular formula is C15H20N2O. The summed E-state index contributed by atoms with van der Waals surface area (Å²) < 4.78 is 0. The topological polar surface area (TPSA) is 32.3 Å². The van der Waals surface area contributed by atoms with E-state index in [1.807, 2.05) is 36.1 Å². The van der Waals surface area contributed by atoms with Crippen LogP contribution in [0.1, 0.15) is 28.8 Å². The second-order valence-electron chi connectivity index (χ2n) is 5.52. The Morgan fingerprint density at radius 3 is 2.83 bits per heavy atom. The van der Waals surface area contributed by atoms with E-state index >= 15 is 0 Å². The molecule has 2 aliphatic heterocycles. The van der Waals surface area contributed by atoms with Gasteiger partial charge in [0.2, 0.25) is 0 Å². The van der Waals surface area contributed by atoms with Gasteiger partial charge in [-0.05, 0) is 44.4 Å². The molecule has 2 heterocycles. The molecular weight excluding hydrogens is 224 g/mol. The van der Waals surface area contributed by atoms with Crippen LogP contribution in [0.2, 0.25) is 0 Å². The van der Waals surface area contributed by atoms with E-state index in [0.717, 1.165) is 31.6 Å². The summed E-state index contributed by atoms with van der Waals surface area (Å²) in [6, 6.07) is 8.55. The van der Waals surface area contributed by atoms with Crippen molar-refractivity contribution < 1.29 is 4.79 Å². The number of amides is 1. The van der Waals surface area contributed by atoms with Crippen LogP contribution in [0.25, 0.3) is 0 Å². The normalized spacial score (nSPS) is 27.1. The number of carbonyl (C=O) groups is 1. The molecule has 0 saturated carbocycles. The molecule has 0 aromatic heterocycles. The maximum atomic E-state index is 12.4. The number of piperidine rings is 1. The van der Waals surface area contributed by atoms with Crippen molar-refractivity contribution in [1.82, 2.24) is 10.2 Å². The van der Waals surface area contributed by atoms with Crippen LogP contribution in [0.15, 0.2) is 24.3 Å². The predicted molar refractivity (Wildman–Crippen MR) is 71.6 cm³/mol. The van der Waals surface area contributed by atoms with Gasteiger partial charge in [0.1, 0.15) is 0 Å². The third-order valence-corrected chi connectivity index (χ3v) is 4.24. The minimum atomic E-state index is 0.195. The highest BCUT2D eigenvalue weighted by Crippen LogP contribution is 2.25. The third-order valence-electron chi connectivity index (χ3n) is 4.24. The number of benzene rings is 1. The fourth-order valence-electron chi connectivity index (χ4n) is 3.11. The molecule has 3 nitrogen and oxygen atoms in total. The molecule has 3 heteroatoms. The number of rotatable bonds is 1. The number of nitrogens with one attached hydrogen (secondary N) is 1. The quantitative estimate of drug-likeness (QED) is 0.817. The molecule has 2 saturated heterocycles. The predicted octanol–water partition coefficient (Wildman–Crippen LogP) is 1.82. The Labute approximate surface area is 108 Å². The summed E-state index contributed by atoms with van der Waals surface area (Å²) >= 11 is 0. The first-order valence-electron chi connectivity index (χ1n) is 6.83. The first kappa shape index (κ1) is 11.7. The van der Waals surface area contributed by atoms with Gasteiger partial charge in [-0.3, -0.25) is 4.79 Å². The monoisotopic (exact) mass is 244 g/mol. The highest BCUT2D eigenvalue weighted by molar-refractivity contribution is 5.94. The standard InChI is InChI=1S/C15H20N2O/c1-11-2-4-12(5-3-11)15(18)17-9-7-14-13(10-17)6-8-16-14/h2-5,13-14,16H,6-10H2,1H3. The van der Waals surface area contributed by atoms with E-state index in [2.05, 4.69) is 5.32 Å². The van der Waals surface area contributed by atoms with Gasteiger partial charge in [-0.2, -0.15) is 0 Å². The van der Waals surface area contributed by atoms with Gasteiger partial charge in [0.05, 0.1) is 0 Å². The summed E-state index contributed by atoms with van der Waals surface area (Å²) in [5, 5.41) is 3.53. The number of nitrogens with zero attached hydrogens (tertiary/aromatic N) is 1. The number of hydrogen-bond acceptors (Lipinski definition) is 2. The van der Waals surface area contributed by atoms with Crippen molar-refractivity contribution in [2.24, 2.45) is 5.92 Å². The van der Waals surface area contributed by atoms with Gasteiger partial charge in [0.25, 0.3) is 5.91 Å². The van der Waals surface area contributed by atoms with Crippen LogP contribution in [0.3, 0.4) is 0 Å². The molecule has 1 amide bonds. The second-order valence-corrected chi connectivity index (χ2v) is 5.52. The van der Waals surface area contributed by atoms with Crippen LogP contribution >= 0.6 is 0 Å². The third kappa shape index (κ3) is 2.15. The Morgan fingerprint density at radius 1 is 1.28 bits per heavy atom. The van der Waals surface area contributed by atoms with Gasteiger partial charge < -0.3 is 10.2 Å². The zero-order valence-electron chi connectivity index (χ0n) is 10.9. The molecule has 2 aliphatic rings. The smallest absolute Gasteiger partial charge is 0.253 e. The SMILES string of the molecule is Cc1ccc(C(=O)N2CCC3NCCC3C2)cc1. The molecule has 0 aliphatic carbocycles. The minimum absolute atomic E-state index is 0.195. The molecule has 0 bridgehead atoms. The average Bonchev–Trinajstić information content (AvgIpc) is 2.86. The van der Waals surface area contributed by atoms with Gasteiger partial charge >= 0.3 is 0 Å². The number of aryl methyl sites for hydroxylation is 1. The average molecular weight is 244 g/mol. The zero-order valence-corrected chi connectivity index (χ0v) is 10.9. The molecule has 1 aromatic carbocycles. The lowest BCUT2D eigenvalue weighted by Crippen LogP contribution is -2.46. The van der Waals surface area contributed by atoms with E-state index in [9.17, 15) is 4.79 Å². The van der Waals surface area contributed by atoms with E-state index < -0.39 is 0 Å². The molecule has 18 heavy (non-hydrogen) atoms. The Bertz CT molecular complexity index is 440. The molecule has 0 radical (unpaired) electrons. The number of likely N-dealkylation sites (tertiary alicyclic amines) is 1. The van der Waals surface area contributed by atoms with Gasteiger partial charge in [0, 0.05) is 24.7 Å². The Morgan fingerprint density at radius 2 is 2.06 bits per heavy atom. The van der Waals surface area contributed by atoms with E-state index in [-0.39, 0.29) is 5.91 Å². The zero-order chi connectivity index (χ0) is 12.5. The molecule has 3 rings (SSSR count). The largest absolute Gasteiger partial charge is 0.338 e. The van der Waals surface area contributed by atoms with Gasteiger partial charge in [-0.1, -0.05) is 17.7 Å². The summed E-state index contributed by atoms with van der Waals surface area (Å²) in [5.41, 5.74) is 2.02. The summed E-state index contributed by atoms with van der Waals surface area (Å²) in [5.74, 6) is 0.855. The second kappa shape index (κ2) is 4.73. The van der Waals surface area contributed by atoms with Crippen LogP contribution in [-0.4, -0.2) is 36.5 Å². The number of carbonyl (C=O) groups excluding carboxylic acids is 1. The lowest BCUT2D eigenvalue weighted by atomic mass is 9.93. The summed E-state index contributed by atoms with van der Waals surface area (Å²) in [4.78, 5) is 14.4. The van der Waals surface area contributed by atoms with Crippen molar-refractivity contribution in [3.63, 3.8) is 0 Å². The lowest BCUT2D eigenvalue weighted by Gasteiger charge is -2.34. The molecule has 2 atom stereocenters. The Hall–Kier alpha value is -1.35. The van der Waals surface area contributed by atoms with Crippen molar-refractivity contribution in [2.45, 2.75) is 25.8 Å². The van der Waals surface area contributed by atoms with Gasteiger partial charge in [0.15, 0.2) is 0 Å². The molecule has 96 valence electrons. The molecule has 1 N–H and O–H groups in total. The van der Waals surface area contributed by atoms with E-state index in [1.54, 1.807) is 0 Å². The first-order chi connectivity index (χ1) is 8.74. The van der Waals surface area contributed by atoms with Crippen molar-refractivity contribution in [1.29, 1.82) is 0 Å². The van der Waals surface area contributed by atoms with Crippen LogP contribution in [0.5, 0.6) is 0 Å². The van der Waals surface area contributed by atoms with Gasteiger partial charge in [-0.15, -0.1) is 0 Å². The van der Waals surface area contributed by atoms with Gasteiger partial charge in [-0.25, -0.2) is 0 Å². The highest BCUT2D eigenvalue weighted by Gasteiger charge is 2.34. The van der Waals surface area contributed by atoms with Crippen molar-refractivity contribution in [3.05, 3.63) is 35.4 Å². The Balaban J connectivity index is 1.71. The van der Waals surface area contributed by atoms with Crippen LogP contribution in [-0.2, 0) is 0 Å². The van der Waals surface area contributed by atoms with E-state index in [0.29, 0.717) is 12.0 Å². The highest BCUT2D eigenvalue weighted by atomic mass is 16.2. The van der Waals surface area contributed by atoms with Crippen molar-refractivity contribution >= 4 is 5.91 Å². The summed E-state index contributed by atoms with van der Waals surface area (Å²) in [6.07, 6.45) is 2.31. The maximum Gasteiger partial charge on any atom is 0.253 e. The molecule has 0 spiro atoms. The van der Waals surface area contributed by atoms with Crippen molar-refractivity contribution in [2.75, 3.05) is 19.6 Å². The van der Waals surface area contributed by atoms with Crippen LogP contribution in [0.4, 0.5) is 0 Å². The van der Waals surface area contributed by atoms with Crippen LogP contribution < -0.4 is 5.32 Å². The minimum Gasteiger partial charge on any atom is -0.338 e. The maximum absolute atomic E-state index is 12.4. The summed E-state index contributed by atoms with van der Waals surface area (Å²) in [7, 11) is 0. The lowest BCUT2D eigenvalue weighted by molar-refractivity contribution is 0.0662.